The third-order valence-corrected chi connectivity index (χ3v) is 5.37. The van der Waals surface area contributed by atoms with Crippen molar-refractivity contribution in [3.8, 4) is 11.1 Å². The molecule has 4 aromatic rings. The third kappa shape index (κ3) is 3.95. The molecule has 144 valence electrons. The van der Waals surface area contributed by atoms with Gasteiger partial charge in [-0.15, -0.1) is 0 Å². The van der Waals surface area contributed by atoms with E-state index in [-0.39, 0.29) is 0 Å². The predicted molar refractivity (Wildman–Crippen MR) is 126 cm³/mol. The van der Waals surface area contributed by atoms with E-state index in [1.54, 1.807) is 0 Å². The number of rotatable bonds is 4. The Morgan fingerprint density at radius 3 is 1.69 bits per heavy atom. The molecule has 0 unspecified atom stereocenters. The molecule has 0 N–H and O–H groups in total. The molecule has 0 aliphatic carbocycles. The molecule has 1 nitrogen and oxygen atoms in total. The zero-order valence-electron chi connectivity index (χ0n) is 17.6. The van der Waals surface area contributed by atoms with Crippen molar-refractivity contribution in [2.45, 2.75) is 27.7 Å². The lowest BCUT2D eigenvalue weighted by Crippen LogP contribution is -2.09. The molecule has 0 spiro atoms. The third-order valence-electron chi connectivity index (χ3n) is 5.37. The lowest BCUT2D eigenvalue weighted by atomic mass is 9.93. The minimum atomic E-state index is 1.16. The second kappa shape index (κ2) is 7.97. The van der Waals surface area contributed by atoms with Gasteiger partial charge in [-0.05, 0) is 91.9 Å². The average Bonchev–Trinajstić information content (AvgIpc) is 2.69. The van der Waals surface area contributed by atoms with Gasteiger partial charge in [-0.3, -0.25) is 0 Å². The maximum absolute atomic E-state index is 2.31. The molecule has 0 saturated heterocycles. The first-order valence-electron chi connectivity index (χ1n) is 10.1. The molecule has 0 radical (unpaired) electrons. The lowest BCUT2D eigenvalue weighted by Gasteiger charge is -2.26. The summed E-state index contributed by atoms with van der Waals surface area (Å²) in [5.74, 6) is 0. The highest BCUT2D eigenvalue weighted by atomic mass is 15.1. The van der Waals surface area contributed by atoms with Gasteiger partial charge in [0.25, 0.3) is 0 Å². The predicted octanol–water partition coefficient (Wildman–Crippen LogP) is 8.06. The van der Waals surface area contributed by atoms with E-state index in [0.717, 1.165) is 11.4 Å². The van der Waals surface area contributed by atoms with Gasteiger partial charge in [0.15, 0.2) is 0 Å². The zero-order valence-corrected chi connectivity index (χ0v) is 17.6. The van der Waals surface area contributed by atoms with Crippen LogP contribution in [0.15, 0.2) is 91.0 Å². The Kier molecular flexibility index (Phi) is 5.22. The van der Waals surface area contributed by atoms with Gasteiger partial charge in [-0.2, -0.15) is 0 Å². The summed E-state index contributed by atoms with van der Waals surface area (Å²) in [6.07, 6.45) is 0. The monoisotopic (exact) mass is 377 g/mol. The molecule has 29 heavy (non-hydrogen) atoms. The van der Waals surface area contributed by atoms with Gasteiger partial charge in [0, 0.05) is 17.1 Å². The van der Waals surface area contributed by atoms with Crippen molar-refractivity contribution >= 4 is 17.1 Å². The number of para-hydroxylation sites is 1. The van der Waals surface area contributed by atoms with Crippen LogP contribution in [0, 0.1) is 27.7 Å². The van der Waals surface area contributed by atoms with Gasteiger partial charge in [-0.25, -0.2) is 0 Å². The summed E-state index contributed by atoms with van der Waals surface area (Å²) in [5, 5.41) is 0. The number of aryl methyl sites for hydroxylation is 4. The Hall–Kier alpha value is -3.32. The van der Waals surface area contributed by atoms with E-state index < -0.39 is 0 Å². The van der Waals surface area contributed by atoms with E-state index in [0.29, 0.717) is 0 Å². The number of anilines is 3. The number of benzene rings is 4. The molecule has 0 aliphatic rings. The average molecular weight is 378 g/mol. The summed E-state index contributed by atoms with van der Waals surface area (Å²) < 4.78 is 0. The van der Waals surface area contributed by atoms with Crippen LogP contribution < -0.4 is 4.90 Å². The minimum absolute atomic E-state index is 1.16. The molecule has 0 aliphatic heterocycles. The van der Waals surface area contributed by atoms with Crippen LogP contribution in [0.4, 0.5) is 17.1 Å². The molecule has 0 fully saturated rings. The maximum Gasteiger partial charge on any atom is 0.0464 e. The lowest BCUT2D eigenvalue weighted by molar-refractivity contribution is 1.27. The van der Waals surface area contributed by atoms with E-state index in [2.05, 4.69) is 124 Å². The Balaban J connectivity index is 1.79. The topological polar surface area (TPSA) is 3.24 Å². The second-order valence-electron chi connectivity index (χ2n) is 7.83. The fraction of sp³-hybridized carbons (Fsp3) is 0.143. The van der Waals surface area contributed by atoms with Crippen molar-refractivity contribution in [2.75, 3.05) is 4.90 Å². The molecule has 0 aromatic heterocycles. The van der Waals surface area contributed by atoms with Crippen LogP contribution in [-0.2, 0) is 0 Å². The van der Waals surface area contributed by atoms with E-state index in [4.69, 9.17) is 0 Å². The van der Waals surface area contributed by atoms with Crippen LogP contribution in [0.25, 0.3) is 11.1 Å². The SMILES string of the molecule is Cc1cccc(N(c2ccccc2)c2ccc(-c3c(C)cc(C)cc3C)cc2)c1. The van der Waals surface area contributed by atoms with Crippen LogP contribution in [0.2, 0.25) is 0 Å². The van der Waals surface area contributed by atoms with Crippen molar-refractivity contribution in [3.05, 3.63) is 113 Å². The van der Waals surface area contributed by atoms with Crippen LogP contribution in [-0.4, -0.2) is 0 Å². The summed E-state index contributed by atoms with van der Waals surface area (Å²) in [6.45, 7) is 8.70. The number of nitrogens with zero attached hydrogens (tertiary/aromatic N) is 1. The summed E-state index contributed by atoms with van der Waals surface area (Å²) in [7, 11) is 0. The molecule has 0 heterocycles. The second-order valence-corrected chi connectivity index (χ2v) is 7.83. The molecule has 4 rings (SSSR count). The number of hydrogen-bond acceptors (Lipinski definition) is 1. The Morgan fingerprint density at radius 2 is 1.07 bits per heavy atom. The van der Waals surface area contributed by atoms with Crippen molar-refractivity contribution in [1.29, 1.82) is 0 Å². The number of hydrogen-bond donors (Lipinski definition) is 0. The van der Waals surface area contributed by atoms with Crippen LogP contribution in [0.1, 0.15) is 22.3 Å². The van der Waals surface area contributed by atoms with Gasteiger partial charge in [0.1, 0.15) is 0 Å². The quantitative estimate of drug-likeness (QED) is 0.347. The highest BCUT2D eigenvalue weighted by molar-refractivity contribution is 5.79. The molecule has 0 amide bonds. The van der Waals surface area contributed by atoms with E-state index >= 15 is 0 Å². The van der Waals surface area contributed by atoms with Crippen molar-refractivity contribution in [1.82, 2.24) is 0 Å². The molecular formula is C28H27N. The molecule has 0 bridgehead atoms. The highest BCUT2D eigenvalue weighted by Gasteiger charge is 2.13. The standard InChI is InChI=1S/C28H27N/c1-20-9-8-12-27(19-20)29(25-10-6-5-7-11-25)26-15-13-24(14-16-26)28-22(3)17-21(2)18-23(28)4/h5-19H,1-4H3. The highest BCUT2D eigenvalue weighted by Crippen LogP contribution is 2.36. The summed E-state index contributed by atoms with van der Waals surface area (Å²) in [4.78, 5) is 2.31. The van der Waals surface area contributed by atoms with Crippen molar-refractivity contribution in [3.63, 3.8) is 0 Å². The Morgan fingerprint density at radius 1 is 0.483 bits per heavy atom. The smallest absolute Gasteiger partial charge is 0.0464 e. The van der Waals surface area contributed by atoms with Gasteiger partial charge >= 0.3 is 0 Å². The zero-order chi connectivity index (χ0) is 20.4. The molecule has 0 atom stereocenters. The van der Waals surface area contributed by atoms with E-state index in [9.17, 15) is 0 Å². The fourth-order valence-electron chi connectivity index (χ4n) is 4.20. The van der Waals surface area contributed by atoms with Crippen LogP contribution in [0.3, 0.4) is 0 Å². The van der Waals surface area contributed by atoms with Crippen LogP contribution >= 0.6 is 0 Å². The fourth-order valence-corrected chi connectivity index (χ4v) is 4.20. The van der Waals surface area contributed by atoms with Gasteiger partial charge in [0.05, 0.1) is 0 Å². The van der Waals surface area contributed by atoms with Crippen LogP contribution in [0.5, 0.6) is 0 Å². The first-order chi connectivity index (χ1) is 14.0. The first-order valence-corrected chi connectivity index (χ1v) is 10.1. The van der Waals surface area contributed by atoms with Crippen molar-refractivity contribution < 1.29 is 0 Å². The normalized spacial score (nSPS) is 10.8. The molecule has 1 heteroatoms. The van der Waals surface area contributed by atoms with Crippen molar-refractivity contribution in [2.24, 2.45) is 0 Å². The van der Waals surface area contributed by atoms with E-state index in [1.165, 1.54) is 39.1 Å². The molecular weight excluding hydrogens is 350 g/mol. The van der Waals surface area contributed by atoms with Gasteiger partial charge in [-0.1, -0.05) is 60.2 Å². The van der Waals surface area contributed by atoms with Gasteiger partial charge < -0.3 is 4.90 Å². The largest absolute Gasteiger partial charge is 0.310 e. The summed E-state index contributed by atoms with van der Waals surface area (Å²) in [5.41, 5.74) is 11.3. The Labute approximate surface area is 174 Å². The summed E-state index contributed by atoms with van der Waals surface area (Å²) in [6, 6.07) is 32.7. The molecule has 0 saturated carbocycles. The molecule has 4 aromatic carbocycles. The first kappa shape index (κ1) is 19.0. The summed E-state index contributed by atoms with van der Waals surface area (Å²) >= 11 is 0. The van der Waals surface area contributed by atoms with E-state index in [1.807, 2.05) is 0 Å². The van der Waals surface area contributed by atoms with Gasteiger partial charge in [0.2, 0.25) is 0 Å². The Bertz CT molecular complexity index is 1100. The minimum Gasteiger partial charge on any atom is -0.310 e. The maximum atomic E-state index is 2.31.